The topological polar surface area (TPSA) is 76.4 Å². The van der Waals surface area contributed by atoms with Crippen molar-refractivity contribution in [3.63, 3.8) is 0 Å². The number of hydrogen-bond donors (Lipinski definition) is 0. The van der Waals surface area contributed by atoms with E-state index < -0.39 is 6.43 Å². The quantitative estimate of drug-likeness (QED) is 0.601. The van der Waals surface area contributed by atoms with E-state index in [1.54, 1.807) is 47.9 Å². The Kier molecular flexibility index (Phi) is 5.79. The fourth-order valence-electron chi connectivity index (χ4n) is 3.28. The molecule has 1 aliphatic rings. The van der Waals surface area contributed by atoms with Crippen molar-refractivity contribution in [1.82, 2.24) is 24.9 Å². The van der Waals surface area contributed by atoms with Gasteiger partial charge in [-0.25, -0.2) is 18.4 Å². The fourth-order valence-corrected chi connectivity index (χ4v) is 3.28. The fraction of sp³-hybridized carbons (Fsp3) is 0.333. The maximum absolute atomic E-state index is 12.8. The third-order valence-electron chi connectivity index (χ3n) is 5.25. The Hall–Kier alpha value is -3.56. The number of hydrogen-bond acceptors (Lipinski definition) is 6. The second kappa shape index (κ2) is 8.66. The number of carbonyl (C=O) groups is 1. The van der Waals surface area contributed by atoms with Crippen LogP contribution in [-0.2, 0) is 11.4 Å². The number of aryl methyl sites for hydroxylation is 1. The Balaban J connectivity index is 1.44. The van der Waals surface area contributed by atoms with Crippen molar-refractivity contribution in [1.29, 1.82) is 0 Å². The van der Waals surface area contributed by atoms with Crippen LogP contribution >= 0.6 is 0 Å². The molecule has 0 atom stereocenters. The van der Waals surface area contributed by atoms with E-state index in [-0.39, 0.29) is 18.1 Å². The Bertz CT molecular complexity index is 1050. The molecule has 4 rings (SSSR count). The van der Waals surface area contributed by atoms with E-state index >= 15 is 0 Å². The molecule has 31 heavy (non-hydrogen) atoms. The summed E-state index contributed by atoms with van der Waals surface area (Å²) in [6.45, 7) is 3.71. The molecule has 0 radical (unpaired) electrons. The number of anilines is 1. The normalized spacial score (nSPS) is 14.4. The Morgan fingerprint density at radius 3 is 2.48 bits per heavy atom. The first-order valence-electron chi connectivity index (χ1n) is 9.80. The number of aromatic nitrogens is 4. The number of halogens is 2. The van der Waals surface area contributed by atoms with Crippen LogP contribution in [0.5, 0.6) is 5.88 Å². The van der Waals surface area contributed by atoms with E-state index in [0.29, 0.717) is 36.0 Å². The third kappa shape index (κ3) is 4.47. The van der Waals surface area contributed by atoms with Crippen LogP contribution in [0.2, 0.25) is 0 Å². The SMILES string of the molecule is Cc1nnn(-c2ccc(C(F)F)cc2)c1COc1ccc(N2CCN(C)C(=O)C2)cn1. The van der Waals surface area contributed by atoms with Gasteiger partial charge in [-0.3, -0.25) is 4.79 Å². The summed E-state index contributed by atoms with van der Waals surface area (Å²) in [6, 6.07) is 9.49. The molecule has 1 amide bonds. The summed E-state index contributed by atoms with van der Waals surface area (Å²) in [4.78, 5) is 19.9. The van der Waals surface area contributed by atoms with E-state index in [0.717, 1.165) is 12.2 Å². The van der Waals surface area contributed by atoms with Gasteiger partial charge in [-0.05, 0) is 25.1 Å². The lowest BCUT2D eigenvalue weighted by Gasteiger charge is -2.33. The van der Waals surface area contributed by atoms with E-state index in [1.165, 1.54) is 12.1 Å². The molecular weight excluding hydrogens is 406 g/mol. The van der Waals surface area contributed by atoms with E-state index in [1.807, 2.05) is 11.0 Å². The maximum Gasteiger partial charge on any atom is 0.263 e. The predicted molar refractivity (Wildman–Crippen MR) is 109 cm³/mol. The van der Waals surface area contributed by atoms with Gasteiger partial charge in [-0.15, -0.1) is 5.10 Å². The molecule has 1 aromatic carbocycles. The highest BCUT2D eigenvalue weighted by molar-refractivity contribution is 5.82. The standard InChI is InChI=1S/C21H22F2N6O2/c1-14-18(29(26-25-14)16-5-3-15(4-6-16)21(22)23)13-31-19-8-7-17(11-24-19)28-10-9-27(2)20(30)12-28/h3-8,11,21H,9-10,12-13H2,1-2H3. The van der Waals surface area contributed by atoms with Crippen LogP contribution in [0, 0.1) is 6.92 Å². The zero-order chi connectivity index (χ0) is 22.0. The molecule has 0 unspecified atom stereocenters. The van der Waals surface area contributed by atoms with Crippen molar-refractivity contribution >= 4 is 11.6 Å². The number of carbonyl (C=O) groups excluding carboxylic acids is 1. The van der Waals surface area contributed by atoms with E-state index in [9.17, 15) is 13.6 Å². The summed E-state index contributed by atoms with van der Waals surface area (Å²) >= 11 is 0. The van der Waals surface area contributed by atoms with Crippen molar-refractivity contribution in [2.24, 2.45) is 0 Å². The molecule has 1 aliphatic heterocycles. The van der Waals surface area contributed by atoms with Gasteiger partial charge in [0.1, 0.15) is 12.3 Å². The van der Waals surface area contributed by atoms with Gasteiger partial charge in [0.2, 0.25) is 11.8 Å². The highest BCUT2D eigenvalue weighted by Crippen LogP contribution is 2.22. The van der Waals surface area contributed by atoms with Crippen molar-refractivity contribution in [3.05, 3.63) is 59.5 Å². The monoisotopic (exact) mass is 428 g/mol. The average molecular weight is 428 g/mol. The Morgan fingerprint density at radius 1 is 1.10 bits per heavy atom. The highest BCUT2D eigenvalue weighted by Gasteiger charge is 2.21. The minimum absolute atomic E-state index is 0.0512. The Morgan fingerprint density at radius 2 is 1.84 bits per heavy atom. The number of amides is 1. The molecule has 1 saturated heterocycles. The van der Waals surface area contributed by atoms with Gasteiger partial charge in [-0.1, -0.05) is 17.3 Å². The van der Waals surface area contributed by atoms with Gasteiger partial charge in [0.15, 0.2) is 0 Å². The summed E-state index contributed by atoms with van der Waals surface area (Å²) in [6.07, 6.45) is -0.841. The molecule has 0 N–H and O–H groups in total. The molecule has 162 valence electrons. The number of piperazine rings is 1. The van der Waals surface area contributed by atoms with Crippen LogP contribution < -0.4 is 9.64 Å². The zero-order valence-electron chi connectivity index (χ0n) is 17.2. The predicted octanol–water partition coefficient (Wildman–Crippen LogP) is 2.77. The first-order valence-corrected chi connectivity index (χ1v) is 9.80. The largest absolute Gasteiger partial charge is 0.471 e. The molecule has 3 aromatic rings. The number of pyridine rings is 1. The van der Waals surface area contributed by atoms with Crippen LogP contribution in [0.25, 0.3) is 5.69 Å². The molecular formula is C21H22F2N6O2. The first-order chi connectivity index (χ1) is 14.9. The van der Waals surface area contributed by atoms with Crippen molar-refractivity contribution in [2.75, 3.05) is 31.6 Å². The minimum Gasteiger partial charge on any atom is -0.471 e. The molecule has 10 heteroatoms. The molecule has 0 bridgehead atoms. The molecule has 0 spiro atoms. The number of benzene rings is 1. The molecule has 3 heterocycles. The van der Waals surface area contributed by atoms with Crippen molar-refractivity contribution < 1.29 is 18.3 Å². The smallest absolute Gasteiger partial charge is 0.263 e. The van der Waals surface area contributed by atoms with Crippen LogP contribution in [0.4, 0.5) is 14.5 Å². The summed E-state index contributed by atoms with van der Waals surface area (Å²) in [5.41, 5.74) is 2.79. The van der Waals surface area contributed by atoms with Crippen molar-refractivity contribution in [3.8, 4) is 11.6 Å². The van der Waals surface area contributed by atoms with Gasteiger partial charge in [-0.2, -0.15) is 0 Å². The maximum atomic E-state index is 12.8. The summed E-state index contributed by atoms with van der Waals surface area (Å²) in [5, 5.41) is 8.17. The first kappa shape index (κ1) is 20.7. The van der Waals surface area contributed by atoms with Gasteiger partial charge in [0.05, 0.1) is 29.8 Å². The number of rotatable bonds is 6. The number of likely N-dealkylation sites (N-methyl/N-ethyl adjacent to an activating group) is 1. The minimum atomic E-state index is -2.52. The van der Waals surface area contributed by atoms with Crippen LogP contribution in [-0.4, -0.2) is 57.5 Å². The van der Waals surface area contributed by atoms with Crippen LogP contribution in [0.15, 0.2) is 42.6 Å². The summed E-state index contributed by atoms with van der Waals surface area (Å²) < 4.78 is 33.0. The third-order valence-corrected chi connectivity index (χ3v) is 5.25. The number of nitrogens with zero attached hydrogens (tertiary/aromatic N) is 6. The van der Waals surface area contributed by atoms with Crippen LogP contribution in [0.3, 0.4) is 0 Å². The molecule has 0 aliphatic carbocycles. The highest BCUT2D eigenvalue weighted by atomic mass is 19.3. The average Bonchev–Trinajstić information content (AvgIpc) is 3.15. The lowest BCUT2D eigenvalue weighted by Crippen LogP contribution is -2.48. The van der Waals surface area contributed by atoms with Gasteiger partial charge in [0, 0.05) is 31.8 Å². The lowest BCUT2D eigenvalue weighted by atomic mass is 10.2. The van der Waals surface area contributed by atoms with Gasteiger partial charge < -0.3 is 14.5 Å². The second-order valence-corrected chi connectivity index (χ2v) is 7.31. The van der Waals surface area contributed by atoms with Gasteiger partial charge >= 0.3 is 0 Å². The van der Waals surface area contributed by atoms with Crippen molar-refractivity contribution in [2.45, 2.75) is 20.0 Å². The van der Waals surface area contributed by atoms with E-state index in [2.05, 4.69) is 15.3 Å². The lowest BCUT2D eigenvalue weighted by molar-refractivity contribution is -0.129. The number of ether oxygens (including phenoxy) is 1. The molecule has 1 fully saturated rings. The van der Waals surface area contributed by atoms with Gasteiger partial charge in [0.25, 0.3) is 6.43 Å². The zero-order valence-corrected chi connectivity index (χ0v) is 17.2. The molecule has 0 saturated carbocycles. The second-order valence-electron chi connectivity index (χ2n) is 7.31. The number of alkyl halides is 2. The Labute approximate surface area is 178 Å². The summed E-state index contributed by atoms with van der Waals surface area (Å²) in [5.74, 6) is 0.494. The summed E-state index contributed by atoms with van der Waals surface area (Å²) in [7, 11) is 1.80. The molecule has 8 nitrogen and oxygen atoms in total. The van der Waals surface area contributed by atoms with E-state index in [4.69, 9.17) is 4.74 Å². The molecule has 2 aromatic heterocycles. The van der Waals surface area contributed by atoms with Crippen LogP contribution in [0.1, 0.15) is 23.4 Å².